The van der Waals surface area contributed by atoms with Gasteiger partial charge in [0.15, 0.2) is 5.82 Å². The molecule has 1 unspecified atom stereocenters. The molecule has 2 aromatic rings. The fourth-order valence-corrected chi connectivity index (χ4v) is 1.84. The van der Waals surface area contributed by atoms with E-state index in [9.17, 15) is 0 Å². The molecule has 1 atom stereocenters. The molecule has 0 aliphatic heterocycles. The van der Waals surface area contributed by atoms with Crippen LogP contribution in [0.1, 0.15) is 37.8 Å². The Morgan fingerprint density at radius 3 is 3.12 bits per heavy atom. The van der Waals surface area contributed by atoms with E-state index in [0.29, 0.717) is 18.4 Å². The summed E-state index contributed by atoms with van der Waals surface area (Å²) < 4.78 is 6.88. The van der Waals surface area contributed by atoms with Crippen LogP contribution in [0.15, 0.2) is 29.2 Å². The molecule has 0 saturated carbocycles. The van der Waals surface area contributed by atoms with Crippen LogP contribution < -0.4 is 5.32 Å². The molecule has 0 aromatic carbocycles. The third-order valence-corrected chi connectivity index (χ3v) is 2.73. The van der Waals surface area contributed by atoms with Crippen molar-refractivity contribution in [2.24, 2.45) is 0 Å². The molecule has 2 aromatic heterocycles. The smallest absolute Gasteiger partial charge is 0.213 e. The summed E-state index contributed by atoms with van der Waals surface area (Å²) in [7, 11) is 0. The Balaban J connectivity index is 2.06. The number of rotatable bonds is 6. The Morgan fingerprint density at radius 2 is 2.41 bits per heavy atom. The van der Waals surface area contributed by atoms with Crippen LogP contribution >= 0.6 is 0 Å². The topological polar surface area (TPSA) is 55.9 Å². The molecule has 2 rings (SSSR count). The van der Waals surface area contributed by atoms with Gasteiger partial charge in [-0.05, 0) is 32.0 Å². The quantitative estimate of drug-likeness (QED) is 0.830. The van der Waals surface area contributed by atoms with Crippen LogP contribution in [-0.2, 0) is 6.54 Å². The summed E-state index contributed by atoms with van der Waals surface area (Å²) >= 11 is 0. The summed E-state index contributed by atoms with van der Waals surface area (Å²) in [5.74, 6) is 0.699. The lowest BCUT2D eigenvalue weighted by atomic mass is 10.2. The molecule has 17 heavy (non-hydrogen) atoms. The van der Waals surface area contributed by atoms with E-state index >= 15 is 0 Å². The molecule has 0 radical (unpaired) electrons. The van der Waals surface area contributed by atoms with Crippen LogP contribution in [-0.4, -0.2) is 21.3 Å². The van der Waals surface area contributed by atoms with Gasteiger partial charge in [0.2, 0.25) is 6.39 Å². The minimum atomic E-state index is 0.330. The molecule has 5 nitrogen and oxygen atoms in total. The summed E-state index contributed by atoms with van der Waals surface area (Å²) in [6.07, 6.45) is 4.53. The van der Waals surface area contributed by atoms with E-state index in [1.54, 1.807) is 0 Å². The van der Waals surface area contributed by atoms with E-state index in [1.165, 1.54) is 12.1 Å². The van der Waals surface area contributed by atoms with E-state index < -0.39 is 0 Å². The van der Waals surface area contributed by atoms with Crippen molar-refractivity contribution in [3.63, 3.8) is 0 Å². The second kappa shape index (κ2) is 5.63. The lowest BCUT2D eigenvalue weighted by Gasteiger charge is -2.15. The van der Waals surface area contributed by atoms with Crippen molar-refractivity contribution < 1.29 is 4.52 Å². The zero-order valence-corrected chi connectivity index (χ0v) is 10.3. The zero-order chi connectivity index (χ0) is 12.1. The maximum Gasteiger partial charge on any atom is 0.213 e. The third kappa shape index (κ3) is 2.94. The first-order chi connectivity index (χ1) is 8.31. The lowest BCUT2D eigenvalue weighted by molar-refractivity contribution is 0.407. The molecule has 1 N–H and O–H groups in total. The van der Waals surface area contributed by atoms with Crippen LogP contribution in [0.4, 0.5) is 0 Å². The predicted molar refractivity (Wildman–Crippen MR) is 64.5 cm³/mol. The second-order valence-corrected chi connectivity index (χ2v) is 4.08. The van der Waals surface area contributed by atoms with Crippen LogP contribution in [0, 0.1) is 0 Å². The Hall–Kier alpha value is -1.62. The first-order valence-corrected chi connectivity index (χ1v) is 5.95. The molecule has 0 spiro atoms. The minimum absolute atomic E-state index is 0.330. The predicted octanol–water partition coefficient (Wildman–Crippen LogP) is 1.98. The highest BCUT2D eigenvalue weighted by molar-refractivity contribution is 5.12. The summed E-state index contributed by atoms with van der Waals surface area (Å²) in [5, 5.41) is 7.30. The van der Waals surface area contributed by atoms with Crippen LogP contribution in [0.2, 0.25) is 0 Å². The first-order valence-electron chi connectivity index (χ1n) is 5.95. The normalized spacial score (nSPS) is 12.8. The van der Waals surface area contributed by atoms with Gasteiger partial charge in [0, 0.05) is 17.9 Å². The van der Waals surface area contributed by atoms with Crippen molar-refractivity contribution in [2.45, 2.75) is 32.9 Å². The van der Waals surface area contributed by atoms with Gasteiger partial charge in [-0.2, -0.15) is 4.98 Å². The maximum atomic E-state index is 4.74. The van der Waals surface area contributed by atoms with Gasteiger partial charge in [0.05, 0.1) is 6.54 Å². The molecule has 0 aliphatic carbocycles. The van der Waals surface area contributed by atoms with Gasteiger partial charge in [-0.3, -0.25) is 0 Å². The van der Waals surface area contributed by atoms with Gasteiger partial charge < -0.3 is 14.4 Å². The molecule has 2 heterocycles. The molecule has 5 heteroatoms. The lowest BCUT2D eigenvalue weighted by Crippen LogP contribution is -2.22. The van der Waals surface area contributed by atoms with Crippen LogP contribution in [0.3, 0.4) is 0 Å². The van der Waals surface area contributed by atoms with Crippen molar-refractivity contribution >= 4 is 0 Å². The minimum Gasteiger partial charge on any atom is -0.343 e. The highest BCUT2D eigenvalue weighted by Crippen LogP contribution is 2.14. The molecule has 0 fully saturated rings. The van der Waals surface area contributed by atoms with Gasteiger partial charge in [-0.15, -0.1) is 0 Å². The van der Waals surface area contributed by atoms with Crippen LogP contribution in [0.25, 0.3) is 0 Å². The zero-order valence-electron chi connectivity index (χ0n) is 10.3. The second-order valence-electron chi connectivity index (χ2n) is 4.08. The molecular formula is C12H18N4O. The molecule has 92 valence electrons. The molecular weight excluding hydrogens is 216 g/mol. The standard InChI is InChI=1S/C12H18N4O/c1-3-6-13-10(2)11-5-4-7-16(11)8-12-14-9-17-15-12/h4-5,7,9-10,13H,3,6,8H2,1-2H3. The summed E-state index contributed by atoms with van der Waals surface area (Å²) in [6.45, 7) is 6.00. The average molecular weight is 234 g/mol. The van der Waals surface area contributed by atoms with Crippen molar-refractivity contribution in [1.82, 2.24) is 20.0 Å². The maximum absolute atomic E-state index is 4.74. The highest BCUT2D eigenvalue weighted by atomic mass is 16.5. The van der Waals surface area contributed by atoms with Gasteiger partial charge in [-0.25, -0.2) is 0 Å². The molecule has 0 aliphatic rings. The Morgan fingerprint density at radius 1 is 1.53 bits per heavy atom. The van der Waals surface area contributed by atoms with E-state index in [-0.39, 0.29) is 0 Å². The Kier molecular flexibility index (Phi) is 3.93. The van der Waals surface area contributed by atoms with E-state index in [1.807, 2.05) is 12.3 Å². The largest absolute Gasteiger partial charge is 0.343 e. The fraction of sp³-hybridized carbons (Fsp3) is 0.500. The number of nitrogens with one attached hydrogen (secondary N) is 1. The average Bonchev–Trinajstić information content (AvgIpc) is 2.97. The summed E-state index contributed by atoms with van der Waals surface area (Å²) in [4.78, 5) is 4.03. The number of hydrogen-bond acceptors (Lipinski definition) is 4. The van der Waals surface area contributed by atoms with Gasteiger partial charge in [-0.1, -0.05) is 12.1 Å². The summed E-state index contributed by atoms with van der Waals surface area (Å²) in [6, 6.07) is 4.49. The van der Waals surface area contributed by atoms with Crippen molar-refractivity contribution in [3.05, 3.63) is 36.2 Å². The highest BCUT2D eigenvalue weighted by Gasteiger charge is 2.10. The monoisotopic (exact) mass is 234 g/mol. The number of nitrogens with zero attached hydrogens (tertiary/aromatic N) is 3. The Labute approximate surface area is 101 Å². The molecule has 0 bridgehead atoms. The van der Waals surface area contributed by atoms with Crippen molar-refractivity contribution in [2.75, 3.05) is 6.54 Å². The SMILES string of the molecule is CCCNC(C)c1cccn1Cc1ncon1. The Bertz CT molecular complexity index is 435. The first kappa shape index (κ1) is 11.9. The number of aromatic nitrogens is 3. The van der Waals surface area contributed by atoms with Gasteiger partial charge in [0.25, 0.3) is 0 Å². The van der Waals surface area contributed by atoms with Crippen molar-refractivity contribution in [3.8, 4) is 0 Å². The molecule has 0 amide bonds. The van der Waals surface area contributed by atoms with Crippen molar-refractivity contribution in [1.29, 1.82) is 0 Å². The van der Waals surface area contributed by atoms with Gasteiger partial charge in [0.1, 0.15) is 0 Å². The number of hydrogen-bond donors (Lipinski definition) is 1. The molecule has 0 saturated heterocycles. The third-order valence-electron chi connectivity index (χ3n) is 2.73. The van der Waals surface area contributed by atoms with E-state index in [0.717, 1.165) is 13.0 Å². The van der Waals surface area contributed by atoms with E-state index in [4.69, 9.17) is 4.52 Å². The van der Waals surface area contributed by atoms with Crippen LogP contribution in [0.5, 0.6) is 0 Å². The summed E-state index contributed by atoms with van der Waals surface area (Å²) in [5.41, 5.74) is 1.24. The van der Waals surface area contributed by atoms with E-state index in [2.05, 4.69) is 39.9 Å². The fourth-order valence-electron chi connectivity index (χ4n) is 1.84. The van der Waals surface area contributed by atoms with Gasteiger partial charge >= 0.3 is 0 Å².